The zero-order valence-corrected chi connectivity index (χ0v) is 28.5. The topological polar surface area (TPSA) is 118 Å². The molecule has 0 aromatic heterocycles. The van der Waals surface area contributed by atoms with E-state index in [1.165, 1.54) is 12.1 Å². The molecule has 1 fully saturated rings. The number of benzene rings is 4. The number of carbonyl (C=O) groups excluding carboxylic acids is 3. The Bertz CT molecular complexity index is 1770. The third kappa shape index (κ3) is 9.53. The highest BCUT2D eigenvalue weighted by molar-refractivity contribution is 6.83. The van der Waals surface area contributed by atoms with Crippen LogP contribution in [0.4, 0.5) is 0 Å². The van der Waals surface area contributed by atoms with E-state index in [0.29, 0.717) is 0 Å². The number of esters is 3. The quantitative estimate of drug-likeness (QED) is 0.0955. The first-order valence-electron chi connectivity index (χ1n) is 15.9. The van der Waals surface area contributed by atoms with Gasteiger partial charge in [0.2, 0.25) is 6.10 Å². The molecule has 0 radical (unpaired) electrons. The third-order valence-electron chi connectivity index (χ3n) is 7.46. The molecule has 252 valence electrons. The Labute approximate surface area is 286 Å². The van der Waals surface area contributed by atoms with Crippen LogP contribution in [0.3, 0.4) is 0 Å². The molecule has 0 saturated carbocycles. The van der Waals surface area contributed by atoms with Crippen LogP contribution < -0.4 is 0 Å². The van der Waals surface area contributed by atoms with Gasteiger partial charge < -0.3 is 28.8 Å². The third-order valence-corrected chi connectivity index (χ3v) is 8.34. The monoisotopic (exact) mass is 678 g/mol. The summed E-state index contributed by atoms with van der Waals surface area (Å²) >= 11 is 0. The summed E-state index contributed by atoms with van der Waals surface area (Å²) in [5.74, 6) is -2.08. The summed E-state index contributed by atoms with van der Waals surface area (Å²) in [7, 11) is -2.17. The van der Waals surface area contributed by atoms with Crippen molar-refractivity contribution < 1.29 is 43.2 Å². The van der Waals surface area contributed by atoms with E-state index in [9.17, 15) is 19.5 Å². The van der Waals surface area contributed by atoms with Crippen molar-refractivity contribution in [2.45, 2.75) is 56.5 Å². The summed E-state index contributed by atoms with van der Waals surface area (Å²) in [6.07, 6.45) is -5.99. The van der Waals surface area contributed by atoms with Gasteiger partial charge in [0.1, 0.15) is 14.2 Å². The zero-order valence-electron chi connectivity index (χ0n) is 27.5. The van der Waals surface area contributed by atoms with Crippen LogP contribution in [0.5, 0.6) is 0 Å². The van der Waals surface area contributed by atoms with Crippen LogP contribution in [0, 0.1) is 11.5 Å². The van der Waals surface area contributed by atoms with E-state index < -0.39 is 56.2 Å². The van der Waals surface area contributed by atoms with E-state index in [2.05, 4.69) is 11.5 Å². The Kier molecular flexibility index (Phi) is 11.4. The molecular weight excluding hydrogens is 641 g/mol. The fourth-order valence-electron chi connectivity index (χ4n) is 5.05. The van der Waals surface area contributed by atoms with Gasteiger partial charge >= 0.3 is 17.9 Å². The van der Waals surface area contributed by atoms with Gasteiger partial charge in [-0.15, -0.1) is 5.54 Å². The summed E-state index contributed by atoms with van der Waals surface area (Å²) in [5, 5.41) is 12.3. The van der Waals surface area contributed by atoms with Gasteiger partial charge in [-0.3, -0.25) is 0 Å². The maximum atomic E-state index is 13.7. The largest absolute Gasteiger partial charge is 0.452 e. The van der Waals surface area contributed by atoms with E-state index in [1.54, 1.807) is 78.9 Å². The van der Waals surface area contributed by atoms with Gasteiger partial charge in [0, 0.05) is 0 Å². The standard InChI is InChI=1S/C39H38O9Si/c1-49(2,3)25-24-39(43)35(47-38(42)31-22-14-7-15-23-31)34(46-37(41)30-20-12-6-13-21-30)33(45-36(40)29-18-10-5-11-19-29)32(48-39)27-44-26-28-16-8-4-9-17-28/h4-23,32-35,43H,26-27H2,1-3H3/t32-,33-,34+,35-,39?/m1/s1. The number of hydrogen-bond acceptors (Lipinski definition) is 9. The zero-order chi connectivity index (χ0) is 34.9. The second kappa shape index (κ2) is 15.9. The summed E-state index contributed by atoms with van der Waals surface area (Å²) in [5.41, 5.74) is 4.54. The molecule has 4 aromatic carbocycles. The molecule has 5 rings (SSSR count). The van der Waals surface area contributed by atoms with Gasteiger partial charge in [0.15, 0.2) is 12.2 Å². The van der Waals surface area contributed by atoms with E-state index in [-0.39, 0.29) is 29.9 Å². The fourth-order valence-corrected chi connectivity index (χ4v) is 5.61. The van der Waals surface area contributed by atoms with Gasteiger partial charge in [0.25, 0.3) is 5.79 Å². The summed E-state index contributed by atoms with van der Waals surface area (Å²) in [4.78, 5) is 40.8. The summed E-state index contributed by atoms with van der Waals surface area (Å²) in [6, 6.07) is 33.9. The molecule has 1 saturated heterocycles. The normalized spacial score (nSPS) is 21.8. The highest BCUT2D eigenvalue weighted by atomic mass is 28.3. The minimum absolute atomic E-state index is 0.167. The van der Waals surface area contributed by atoms with Gasteiger partial charge in [-0.1, -0.05) is 105 Å². The minimum Gasteiger partial charge on any atom is -0.452 e. The SMILES string of the molecule is C[Si](C)(C)C#CC1(O)O[C@H](COCc2ccccc2)[C@@H](OC(=O)c2ccccc2)[C@H](OC(=O)c2ccccc2)[C@H]1OC(=O)c1ccccc1. The summed E-state index contributed by atoms with van der Waals surface area (Å²) < 4.78 is 30.3. The predicted octanol–water partition coefficient (Wildman–Crippen LogP) is 5.85. The molecule has 0 bridgehead atoms. The predicted molar refractivity (Wildman–Crippen MR) is 184 cm³/mol. The molecule has 10 heteroatoms. The molecular formula is C39H38O9Si. The highest BCUT2D eigenvalue weighted by Gasteiger charge is 2.59. The van der Waals surface area contributed by atoms with Crippen molar-refractivity contribution in [3.63, 3.8) is 0 Å². The van der Waals surface area contributed by atoms with Gasteiger partial charge in [-0.25, -0.2) is 14.4 Å². The maximum Gasteiger partial charge on any atom is 0.338 e. The van der Waals surface area contributed by atoms with Crippen molar-refractivity contribution in [3.8, 4) is 11.5 Å². The van der Waals surface area contributed by atoms with Crippen LogP contribution in [-0.4, -0.2) is 67.9 Å². The molecule has 5 atom stereocenters. The van der Waals surface area contributed by atoms with Crippen molar-refractivity contribution in [3.05, 3.63) is 144 Å². The van der Waals surface area contributed by atoms with E-state index in [1.807, 2.05) is 50.0 Å². The molecule has 0 spiro atoms. The average Bonchev–Trinajstić information content (AvgIpc) is 3.11. The Morgan fingerprint density at radius 2 is 1.10 bits per heavy atom. The van der Waals surface area contributed by atoms with Crippen LogP contribution in [0.25, 0.3) is 0 Å². The molecule has 0 aliphatic carbocycles. The van der Waals surface area contributed by atoms with Crippen LogP contribution >= 0.6 is 0 Å². The maximum absolute atomic E-state index is 13.7. The smallest absolute Gasteiger partial charge is 0.338 e. The van der Waals surface area contributed by atoms with Crippen molar-refractivity contribution >= 4 is 26.0 Å². The molecule has 49 heavy (non-hydrogen) atoms. The molecule has 9 nitrogen and oxygen atoms in total. The minimum atomic E-state index is -2.50. The first kappa shape index (κ1) is 35.3. The highest BCUT2D eigenvalue weighted by Crippen LogP contribution is 2.36. The molecule has 4 aromatic rings. The molecule has 1 aliphatic rings. The van der Waals surface area contributed by atoms with Crippen LogP contribution in [0.1, 0.15) is 36.6 Å². The number of rotatable bonds is 10. The van der Waals surface area contributed by atoms with Crippen LogP contribution in [0.15, 0.2) is 121 Å². The van der Waals surface area contributed by atoms with Gasteiger partial charge in [-0.2, -0.15) is 0 Å². The first-order chi connectivity index (χ1) is 23.5. The average molecular weight is 679 g/mol. The number of carbonyl (C=O) groups is 3. The van der Waals surface area contributed by atoms with Crippen molar-refractivity contribution in [2.24, 2.45) is 0 Å². The van der Waals surface area contributed by atoms with Crippen molar-refractivity contribution in [1.82, 2.24) is 0 Å². The molecule has 0 amide bonds. The Morgan fingerprint density at radius 1 is 0.673 bits per heavy atom. The van der Waals surface area contributed by atoms with Crippen molar-refractivity contribution in [2.75, 3.05) is 6.61 Å². The first-order valence-corrected chi connectivity index (χ1v) is 19.4. The Hall–Kier alpha value is -5.05. The molecule has 1 aliphatic heterocycles. The van der Waals surface area contributed by atoms with Crippen LogP contribution in [0.2, 0.25) is 19.6 Å². The van der Waals surface area contributed by atoms with E-state index >= 15 is 0 Å². The molecule has 1 N–H and O–H groups in total. The molecule has 1 heterocycles. The second-order valence-electron chi connectivity index (χ2n) is 12.5. The lowest BCUT2D eigenvalue weighted by Crippen LogP contribution is -2.67. The lowest BCUT2D eigenvalue weighted by Gasteiger charge is -2.47. The number of ether oxygens (including phenoxy) is 5. The van der Waals surface area contributed by atoms with Gasteiger partial charge in [-0.05, 0) is 47.9 Å². The summed E-state index contributed by atoms with van der Waals surface area (Å²) in [6.45, 7) is 5.86. The number of aliphatic hydroxyl groups is 1. The van der Waals surface area contributed by atoms with Gasteiger partial charge in [0.05, 0.1) is 29.9 Å². The Balaban J connectivity index is 1.60. The second-order valence-corrected chi connectivity index (χ2v) is 17.3. The van der Waals surface area contributed by atoms with Crippen LogP contribution in [-0.2, 0) is 30.3 Å². The lowest BCUT2D eigenvalue weighted by molar-refractivity contribution is -0.321. The van der Waals surface area contributed by atoms with E-state index in [0.717, 1.165) is 5.56 Å². The van der Waals surface area contributed by atoms with Crippen molar-refractivity contribution in [1.29, 1.82) is 0 Å². The fraction of sp³-hybridized carbons (Fsp3) is 0.256. The number of hydrogen-bond donors (Lipinski definition) is 1. The molecule has 1 unspecified atom stereocenters. The Morgan fingerprint density at radius 3 is 1.57 bits per heavy atom. The van der Waals surface area contributed by atoms with E-state index in [4.69, 9.17) is 23.7 Å². The lowest BCUT2D eigenvalue weighted by atomic mass is 9.91.